The van der Waals surface area contributed by atoms with Crippen molar-refractivity contribution in [1.82, 2.24) is 10.3 Å². The van der Waals surface area contributed by atoms with Crippen molar-refractivity contribution in [2.24, 2.45) is 0 Å². The maximum atomic E-state index is 11.7. The molecule has 0 saturated heterocycles. The van der Waals surface area contributed by atoms with E-state index in [-0.39, 0.29) is 6.54 Å². The number of hydrogen-bond acceptors (Lipinski definition) is 5. The highest BCUT2D eigenvalue weighted by Gasteiger charge is 2.16. The van der Waals surface area contributed by atoms with Crippen LogP contribution < -0.4 is 5.32 Å². The minimum Gasteiger partial charge on any atom is -0.479 e. The predicted octanol–water partition coefficient (Wildman–Crippen LogP) is -0.0212. The summed E-state index contributed by atoms with van der Waals surface area (Å²) in [6, 6.07) is 3.20. The first kappa shape index (κ1) is 13.5. The highest BCUT2D eigenvalue weighted by Crippen LogP contribution is 2.16. The van der Waals surface area contributed by atoms with Gasteiger partial charge in [0.25, 0.3) is 5.91 Å². The van der Waals surface area contributed by atoms with E-state index in [2.05, 4.69) is 10.3 Å². The summed E-state index contributed by atoms with van der Waals surface area (Å²) in [4.78, 5) is 26.0. The number of carbonyl (C=O) groups excluding carboxylic acids is 1. The number of thioether (sulfide) groups is 1. The van der Waals surface area contributed by atoms with Gasteiger partial charge in [0.2, 0.25) is 0 Å². The second kappa shape index (κ2) is 6.21. The number of amides is 1. The van der Waals surface area contributed by atoms with Gasteiger partial charge in [-0.05, 0) is 18.4 Å². The van der Waals surface area contributed by atoms with Crippen molar-refractivity contribution in [3.8, 4) is 0 Å². The van der Waals surface area contributed by atoms with Gasteiger partial charge in [-0.3, -0.25) is 4.79 Å². The Bertz CT molecular complexity index is 425. The fourth-order valence-electron chi connectivity index (χ4n) is 1.10. The molecule has 1 aromatic heterocycles. The van der Waals surface area contributed by atoms with Crippen molar-refractivity contribution in [3.05, 3.63) is 23.9 Å². The van der Waals surface area contributed by atoms with Crippen LogP contribution in [0.5, 0.6) is 0 Å². The zero-order chi connectivity index (χ0) is 12.8. The van der Waals surface area contributed by atoms with Crippen molar-refractivity contribution in [1.29, 1.82) is 0 Å². The highest BCUT2D eigenvalue weighted by molar-refractivity contribution is 7.98. The van der Waals surface area contributed by atoms with Crippen LogP contribution in [0.1, 0.15) is 10.4 Å². The second-order valence-corrected chi connectivity index (χ2v) is 3.92. The number of hydrogen-bond donors (Lipinski definition) is 3. The summed E-state index contributed by atoms with van der Waals surface area (Å²) in [6.07, 6.45) is 1.74. The van der Waals surface area contributed by atoms with Gasteiger partial charge in [-0.2, -0.15) is 0 Å². The van der Waals surface area contributed by atoms with E-state index >= 15 is 0 Å². The quantitative estimate of drug-likeness (QED) is 0.640. The van der Waals surface area contributed by atoms with Crippen molar-refractivity contribution in [3.63, 3.8) is 0 Å². The first-order chi connectivity index (χ1) is 8.06. The summed E-state index contributed by atoms with van der Waals surface area (Å²) in [5.74, 6) is -1.83. The molecule has 3 N–H and O–H groups in total. The number of aliphatic hydroxyl groups is 1. The number of aliphatic carboxylic acids is 1. The SMILES string of the molecule is CSc1ncccc1C(=O)NCC(O)C(=O)O. The number of nitrogens with one attached hydrogen (secondary N) is 1. The number of carbonyl (C=O) groups is 2. The van der Waals surface area contributed by atoms with Crippen LogP contribution in [-0.2, 0) is 4.79 Å². The van der Waals surface area contributed by atoms with Crippen LogP contribution in [0.25, 0.3) is 0 Å². The molecule has 92 valence electrons. The van der Waals surface area contributed by atoms with Crippen LogP contribution in [-0.4, -0.2) is 46.0 Å². The Labute approximate surface area is 102 Å². The van der Waals surface area contributed by atoms with E-state index < -0.39 is 18.0 Å². The lowest BCUT2D eigenvalue weighted by Gasteiger charge is -2.09. The molecule has 0 saturated carbocycles. The maximum absolute atomic E-state index is 11.7. The summed E-state index contributed by atoms with van der Waals surface area (Å²) in [5.41, 5.74) is 0.359. The molecule has 1 aromatic rings. The number of aromatic nitrogens is 1. The van der Waals surface area contributed by atoms with Crippen molar-refractivity contribution in [2.75, 3.05) is 12.8 Å². The molecule has 1 unspecified atom stereocenters. The van der Waals surface area contributed by atoms with Crippen molar-refractivity contribution >= 4 is 23.6 Å². The lowest BCUT2D eigenvalue weighted by Crippen LogP contribution is -2.36. The Kier molecular flexibility index (Phi) is 4.92. The molecule has 7 heteroatoms. The van der Waals surface area contributed by atoms with E-state index in [1.54, 1.807) is 24.6 Å². The molecule has 1 heterocycles. The molecule has 0 aliphatic rings. The summed E-state index contributed by atoms with van der Waals surface area (Å²) in [7, 11) is 0. The van der Waals surface area contributed by atoms with Gasteiger partial charge in [-0.25, -0.2) is 9.78 Å². The van der Waals surface area contributed by atoms with Crippen LogP contribution in [0.2, 0.25) is 0 Å². The largest absolute Gasteiger partial charge is 0.479 e. The molecule has 6 nitrogen and oxygen atoms in total. The van der Waals surface area contributed by atoms with Gasteiger partial charge in [-0.15, -0.1) is 11.8 Å². The molecule has 1 atom stereocenters. The van der Waals surface area contributed by atoms with Gasteiger partial charge in [0.15, 0.2) is 6.10 Å². The minimum atomic E-state index is -1.60. The number of aliphatic hydroxyl groups excluding tert-OH is 1. The smallest absolute Gasteiger partial charge is 0.334 e. The van der Waals surface area contributed by atoms with E-state index in [0.29, 0.717) is 10.6 Å². The first-order valence-electron chi connectivity index (χ1n) is 4.74. The van der Waals surface area contributed by atoms with Gasteiger partial charge in [0.1, 0.15) is 5.03 Å². The molecule has 1 rings (SSSR count). The normalized spacial score (nSPS) is 11.9. The van der Waals surface area contributed by atoms with Gasteiger partial charge >= 0.3 is 5.97 Å². The van der Waals surface area contributed by atoms with E-state index in [4.69, 9.17) is 10.2 Å². The average Bonchev–Trinajstić information content (AvgIpc) is 2.35. The van der Waals surface area contributed by atoms with Crippen LogP contribution in [0, 0.1) is 0 Å². The predicted molar refractivity (Wildman–Crippen MR) is 62.0 cm³/mol. The Balaban J connectivity index is 2.67. The lowest BCUT2D eigenvalue weighted by molar-refractivity contribution is -0.146. The topological polar surface area (TPSA) is 99.5 Å². The molecule has 0 fully saturated rings. The Morgan fingerprint density at radius 1 is 1.59 bits per heavy atom. The number of pyridine rings is 1. The number of rotatable bonds is 5. The van der Waals surface area contributed by atoms with Gasteiger partial charge in [-0.1, -0.05) is 0 Å². The molecule has 0 spiro atoms. The Morgan fingerprint density at radius 3 is 2.88 bits per heavy atom. The number of nitrogens with zero attached hydrogens (tertiary/aromatic N) is 1. The van der Waals surface area contributed by atoms with Gasteiger partial charge < -0.3 is 15.5 Å². The molecule has 0 bridgehead atoms. The summed E-state index contributed by atoms with van der Waals surface area (Å²) in [6.45, 7) is -0.336. The third-order valence-electron chi connectivity index (χ3n) is 1.95. The summed E-state index contributed by atoms with van der Waals surface area (Å²) in [5, 5.41) is 20.3. The fraction of sp³-hybridized carbons (Fsp3) is 0.300. The average molecular weight is 256 g/mol. The van der Waals surface area contributed by atoms with Gasteiger partial charge in [0.05, 0.1) is 12.1 Å². The Hall–Kier alpha value is -1.60. The minimum absolute atomic E-state index is 0.336. The molecule has 0 aliphatic heterocycles. The molecule has 17 heavy (non-hydrogen) atoms. The summed E-state index contributed by atoms with van der Waals surface area (Å²) < 4.78 is 0. The van der Waals surface area contributed by atoms with E-state index in [1.807, 2.05) is 0 Å². The first-order valence-corrected chi connectivity index (χ1v) is 5.96. The maximum Gasteiger partial charge on any atom is 0.334 e. The van der Waals surface area contributed by atoms with Crippen LogP contribution in [0.15, 0.2) is 23.4 Å². The Morgan fingerprint density at radius 2 is 2.29 bits per heavy atom. The molecule has 1 amide bonds. The number of carboxylic acid groups (broad SMARTS) is 1. The zero-order valence-electron chi connectivity index (χ0n) is 9.08. The third kappa shape index (κ3) is 3.72. The van der Waals surface area contributed by atoms with Crippen molar-refractivity contribution in [2.45, 2.75) is 11.1 Å². The van der Waals surface area contributed by atoms with Crippen LogP contribution in [0.3, 0.4) is 0 Å². The van der Waals surface area contributed by atoms with E-state index in [1.165, 1.54) is 11.8 Å². The number of carboxylic acids is 1. The monoisotopic (exact) mass is 256 g/mol. The standard InChI is InChI=1S/C10H12N2O4S/c1-17-9-6(3-2-4-11-9)8(14)12-5-7(13)10(15)16/h2-4,7,13H,5H2,1H3,(H,12,14)(H,15,16). The zero-order valence-corrected chi connectivity index (χ0v) is 9.90. The fourth-order valence-corrected chi connectivity index (χ4v) is 1.65. The third-order valence-corrected chi connectivity index (χ3v) is 2.66. The lowest BCUT2D eigenvalue weighted by atomic mass is 10.2. The van der Waals surface area contributed by atoms with E-state index in [9.17, 15) is 9.59 Å². The van der Waals surface area contributed by atoms with Gasteiger partial charge in [0, 0.05) is 6.20 Å². The molecule has 0 aromatic carbocycles. The summed E-state index contributed by atoms with van der Waals surface area (Å²) >= 11 is 1.31. The van der Waals surface area contributed by atoms with E-state index in [0.717, 1.165) is 0 Å². The second-order valence-electron chi connectivity index (χ2n) is 3.12. The van der Waals surface area contributed by atoms with Crippen molar-refractivity contribution < 1.29 is 19.8 Å². The molecular weight excluding hydrogens is 244 g/mol. The highest BCUT2D eigenvalue weighted by atomic mass is 32.2. The molecular formula is C10H12N2O4S. The molecule has 0 aliphatic carbocycles. The van der Waals surface area contributed by atoms with Crippen LogP contribution in [0.4, 0.5) is 0 Å². The molecule has 0 radical (unpaired) electrons. The van der Waals surface area contributed by atoms with Crippen LogP contribution >= 0.6 is 11.8 Å².